The van der Waals surface area contributed by atoms with Crippen LogP contribution in [0.5, 0.6) is 5.75 Å². The molecule has 2 fully saturated rings. The molecule has 1 aromatic carbocycles. The van der Waals surface area contributed by atoms with Gasteiger partial charge in [-0.05, 0) is 43.7 Å². The van der Waals surface area contributed by atoms with Crippen molar-refractivity contribution >= 4 is 9.84 Å². The first kappa shape index (κ1) is 14.9. The molecule has 1 aromatic rings. The molecule has 1 unspecified atom stereocenters. The van der Waals surface area contributed by atoms with Gasteiger partial charge in [0.25, 0.3) is 0 Å². The molecule has 0 bridgehead atoms. The average Bonchev–Trinajstić information content (AvgIpc) is 2.68. The lowest BCUT2D eigenvalue weighted by Gasteiger charge is -2.41. The van der Waals surface area contributed by atoms with E-state index >= 15 is 0 Å². The third-order valence-corrected chi connectivity index (χ3v) is 6.68. The van der Waals surface area contributed by atoms with Crippen LogP contribution in [0.2, 0.25) is 0 Å². The summed E-state index contributed by atoms with van der Waals surface area (Å²) < 4.78 is 28.7. The number of para-hydroxylation sites is 1. The van der Waals surface area contributed by atoms with Crippen LogP contribution >= 0.6 is 0 Å². The summed E-state index contributed by atoms with van der Waals surface area (Å²) in [6, 6.07) is 8.57. The van der Waals surface area contributed by atoms with Gasteiger partial charge in [0.1, 0.15) is 5.75 Å². The molecule has 0 radical (unpaired) electrons. The highest BCUT2D eigenvalue weighted by atomic mass is 32.2. The fourth-order valence-electron chi connectivity index (χ4n) is 3.61. The van der Waals surface area contributed by atoms with Crippen molar-refractivity contribution in [2.75, 3.05) is 18.6 Å². The lowest BCUT2D eigenvalue weighted by molar-refractivity contribution is 0.224. The van der Waals surface area contributed by atoms with Crippen LogP contribution in [-0.4, -0.2) is 38.6 Å². The van der Waals surface area contributed by atoms with Gasteiger partial charge in [-0.2, -0.15) is 0 Å². The van der Waals surface area contributed by atoms with Crippen LogP contribution in [0.1, 0.15) is 37.7 Å². The third kappa shape index (κ3) is 3.09. The molecule has 2 aliphatic rings. The lowest BCUT2D eigenvalue weighted by Crippen LogP contribution is -2.53. The third-order valence-electron chi connectivity index (χ3n) is 4.77. The van der Waals surface area contributed by atoms with Crippen LogP contribution in [0.15, 0.2) is 24.3 Å². The topological polar surface area (TPSA) is 55.4 Å². The van der Waals surface area contributed by atoms with Gasteiger partial charge in [-0.1, -0.05) is 18.2 Å². The fraction of sp³-hybridized carbons (Fsp3) is 0.625. The fourth-order valence-corrected chi connectivity index (χ4v) is 5.71. The second kappa shape index (κ2) is 5.29. The molecule has 1 saturated heterocycles. The summed E-state index contributed by atoms with van der Waals surface area (Å²) in [5.41, 5.74) is 1.03. The van der Waals surface area contributed by atoms with E-state index in [9.17, 15) is 8.42 Å². The Morgan fingerprint density at radius 1 is 1.29 bits per heavy atom. The van der Waals surface area contributed by atoms with Crippen molar-refractivity contribution in [3.8, 4) is 5.75 Å². The molecule has 0 aromatic heterocycles. The highest BCUT2D eigenvalue weighted by molar-refractivity contribution is 7.91. The van der Waals surface area contributed by atoms with E-state index < -0.39 is 9.84 Å². The van der Waals surface area contributed by atoms with E-state index in [0.29, 0.717) is 17.7 Å². The summed E-state index contributed by atoms with van der Waals surface area (Å²) in [4.78, 5) is 0. The van der Waals surface area contributed by atoms with E-state index in [1.807, 2.05) is 25.1 Å². The second-order valence-corrected chi connectivity index (χ2v) is 8.84. The van der Waals surface area contributed by atoms with E-state index in [1.54, 1.807) is 7.11 Å². The Bertz CT molecular complexity index is 622. The number of methoxy groups -OCH3 is 1. The molecule has 21 heavy (non-hydrogen) atoms. The van der Waals surface area contributed by atoms with Gasteiger partial charge in [0.2, 0.25) is 0 Å². The Balaban J connectivity index is 1.59. The summed E-state index contributed by atoms with van der Waals surface area (Å²) >= 11 is 0. The van der Waals surface area contributed by atoms with Crippen molar-refractivity contribution in [3.63, 3.8) is 0 Å². The molecule has 116 valence electrons. The molecule has 4 nitrogen and oxygen atoms in total. The van der Waals surface area contributed by atoms with Crippen LogP contribution in [-0.2, 0) is 9.84 Å². The Labute approximate surface area is 126 Å². The first-order chi connectivity index (χ1) is 9.91. The minimum Gasteiger partial charge on any atom is -0.496 e. The highest BCUT2D eigenvalue weighted by Crippen LogP contribution is 2.42. The van der Waals surface area contributed by atoms with Crippen LogP contribution in [0, 0.1) is 0 Å². The Morgan fingerprint density at radius 3 is 2.62 bits per heavy atom. The van der Waals surface area contributed by atoms with Gasteiger partial charge in [-0.15, -0.1) is 0 Å². The Hall–Kier alpha value is -1.07. The number of benzene rings is 1. The van der Waals surface area contributed by atoms with Gasteiger partial charge in [-0.3, -0.25) is 0 Å². The SMILES string of the molecule is COc1ccccc1C1CC(NC2(C)CCS(=O)(=O)C2)C1. The lowest BCUT2D eigenvalue weighted by atomic mass is 9.74. The number of nitrogens with one attached hydrogen (secondary N) is 1. The maximum Gasteiger partial charge on any atom is 0.152 e. The average molecular weight is 309 g/mol. The van der Waals surface area contributed by atoms with E-state index in [2.05, 4.69) is 11.4 Å². The molecule has 0 amide bonds. The zero-order valence-corrected chi connectivity index (χ0v) is 13.4. The number of hydrogen-bond acceptors (Lipinski definition) is 4. The minimum absolute atomic E-state index is 0.241. The molecule has 1 aliphatic carbocycles. The van der Waals surface area contributed by atoms with Gasteiger partial charge in [0.15, 0.2) is 9.84 Å². The molecular weight excluding hydrogens is 286 g/mol. The smallest absolute Gasteiger partial charge is 0.152 e. The van der Waals surface area contributed by atoms with E-state index in [1.165, 1.54) is 5.56 Å². The standard InChI is InChI=1S/C16H23NO3S/c1-16(7-8-21(18,19)11-16)17-13-9-12(10-13)14-5-3-4-6-15(14)20-2/h3-6,12-13,17H,7-11H2,1-2H3. The van der Waals surface area contributed by atoms with Crippen molar-refractivity contribution in [1.29, 1.82) is 0 Å². The zero-order chi connectivity index (χ0) is 15.1. The van der Waals surface area contributed by atoms with Crippen molar-refractivity contribution in [2.24, 2.45) is 0 Å². The minimum atomic E-state index is -2.84. The van der Waals surface area contributed by atoms with Crippen molar-refractivity contribution in [2.45, 2.75) is 43.7 Å². The molecule has 1 N–H and O–H groups in total. The molecule has 5 heteroatoms. The zero-order valence-electron chi connectivity index (χ0n) is 12.6. The number of ether oxygens (including phenoxy) is 1. The van der Waals surface area contributed by atoms with Crippen LogP contribution in [0.4, 0.5) is 0 Å². The van der Waals surface area contributed by atoms with Crippen LogP contribution in [0.3, 0.4) is 0 Å². The van der Waals surface area contributed by atoms with Crippen LogP contribution in [0.25, 0.3) is 0 Å². The van der Waals surface area contributed by atoms with Gasteiger partial charge >= 0.3 is 0 Å². The molecule has 1 saturated carbocycles. The number of sulfone groups is 1. The van der Waals surface area contributed by atoms with Gasteiger partial charge in [-0.25, -0.2) is 8.42 Å². The molecule has 1 atom stereocenters. The van der Waals surface area contributed by atoms with Gasteiger partial charge in [0, 0.05) is 11.6 Å². The first-order valence-corrected chi connectivity index (χ1v) is 9.34. The molecule has 3 rings (SSSR count). The van der Waals surface area contributed by atoms with Crippen LogP contribution < -0.4 is 10.1 Å². The molecular formula is C16H23NO3S. The van der Waals surface area contributed by atoms with Gasteiger partial charge < -0.3 is 10.1 Å². The van der Waals surface area contributed by atoms with Crippen molar-refractivity contribution in [3.05, 3.63) is 29.8 Å². The molecule has 0 spiro atoms. The summed E-state index contributed by atoms with van der Waals surface area (Å²) in [7, 11) is -1.14. The molecule has 1 heterocycles. The monoisotopic (exact) mass is 309 g/mol. The summed E-state index contributed by atoms with van der Waals surface area (Å²) in [6.45, 7) is 2.04. The van der Waals surface area contributed by atoms with E-state index in [0.717, 1.165) is 25.0 Å². The van der Waals surface area contributed by atoms with E-state index in [4.69, 9.17) is 4.74 Å². The summed E-state index contributed by atoms with van der Waals surface area (Å²) in [5, 5.41) is 3.56. The normalized spacial score (nSPS) is 34.4. The predicted octanol–water partition coefficient (Wildman–Crippen LogP) is 2.11. The second-order valence-electron chi connectivity index (χ2n) is 6.65. The summed E-state index contributed by atoms with van der Waals surface area (Å²) in [5.74, 6) is 2.06. The predicted molar refractivity (Wildman–Crippen MR) is 83.6 cm³/mol. The number of hydrogen-bond donors (Lipinski definition) is 1. The Kier molecular flexibility index (Phi) is 3.74. The quantitative estimate of drug-likeness (QED) is 0.925. The molecule has 1 aliphatic heterocycles. The Morgan fingerprint density at radius 2 is 2.00 bits per heavy atom. The summed E-state index contributed by atoms with van der Waals surface area (Å²) in [6.07, 6.45) is 2.83. The largest absolute Gasteiger partial charge is 0.496 e. The maximum absolute atomic E-state index is 11.6. The first-order valence-electron chi connectivity index (χ1n) is 7.52. The maximum atomic E-state index is 11.6. The highest BCUT2D eigenvalue weighted by Gasteiger charge is 2.42. The van der Waals surface area contributed by atoms with Gasteiger partial charge in [0.05, 0.1) is 18.6 Å². The van der Waals surface area contributed by atoms with Crippen molar-refractivity contribution in [1.82, 2.24) is 5.32 Å². The van der Waals surface area contributed by atoms with E-state index in [-0.39, 0.29) is 11.3 Å². The van der Waals surface area contributed by atoms with Crippen molar-refractivity contribution < 1.29 is 13.2 Å². The number of rotatable bonds is 4.